The van der Waals surface area contributed by atoms with Gasteiger partial charge in [0.05, 0.1) is 11.3 Å². The van der Waals surface area contributed by atoms with Gasteiger partial charge in [0.1, 0.15) is 6.07 Å². The molecule has 0 bridgehead atoms. The highest BCUT2D eigenvalue weighted by Gasteiger charge is 2.07. The van der Waals surface area contributed by atoms with E-state index in [1.165, 1.54) is 0 Å². The molecule has 3 nitrogen and oxygen atoms in total. The lowest BCUT2D eigenvalue weighted by molar-refractivity contribution is 0.760. The molecule has 0 spiro atoms. The van der Waals surface area contributed by atoms with Crippen molar-refractivity contribution in [3.05, 3.63) is 42.0 Å². The summed E-state index contributed by atoms with van der Waals surface area (Å²) in [6.45, 7) is 8.61. The van der Waals surface area contributed by atoms with E-state index in [0.29, 0.717) is 5.56 Å². The molecule has 0 radical (unpaired) electrons. The fraction of sp³-hybridized carbons (Fsp3) is 0.357. The maximum absolute atomic E-state index is 9.03. The summed E-state index contributed by atoms with van der Waals surface area (Å²) in [5, 5.41) is 12.3. The van der Waals surface area contributed by atoms with Gasteiger partial charge in [-0.25, -0.2) is 0 Å². The lowest BCUT2D eigenvalue weighted by Gasteiger charge is -2.21. The molecule has 0 aliphatic heterocycles. The minimum absolute atomic E-state index is 0.700. The molecule has 0 amide bonds. The molecule has 0 saturated heterocycles. The zero-order valence-electron chi connectivity index (χ0n) is 10.5. The maximum Gasteiger partial charge on any atom is 0.101 e. The molecule has 0 aliphatic rings. The van der Waals surface area contributed by atoms with Crippen molar-refractivity contribution in [3.8, 4) is 6.07 Å². The van der Waals surface area contributed by atoms with E-state index in [-0.39, 0.29) is 0 Å². The fourth-order valence-corrected chi connectivity index (χ4v) is 1.68. The predicted octanol–water partition coefficient (Wildman–Crippen LogP) is 2.16. The van der Waals surface area contributed by atoms with Crippen molar-refractivity contribution in [2.24, 2.45) is 0 Å². The van der Waals surface area contributed by atoms with Crippen molar-refractivity contribution in [2.75, 3.05) is 31.6 Å². The first-order valence-corrected chi connectivity index (χ1v) is 5.76. The minimum Gasteiger partial charge on any atom is -0.369 e. The Balaban J connectivity index is 2.67. The molecular formula is C14H19N3. The van der Waals surface area contributed by atoms with Crippen LogP contribution in [0.3, 0.4) is 0 Å². The lowest BCUT2D eigenvalue weighted by Crippen LogP contribution is -2.26. The number of hydrogen-bond acceptors (Lipinski definition) is 3. The van der Waals surface area contributed by atoms with Crippen LogP contribution in [0, 0.1) is 11.3 Å². The van der Waals surface area contributed by atoms with E-state index in [1.807, 2.05) is 31.3 Å². The van der Waals surface area contributed by atoms with E-state index in [0.717, 1.165) is 30.9 Å². The van der Waals surface area contributed by atoms with Crippen LogP contribution >= 0.6 is 0 Å². The number of nitriles is 1. The highest BCUT2D eigenvalue weighted by molar-refractivity contribution is 5.59. The Kier molecular flexibility index (Phi) is 5.25. The molecule has 0 heterocycles. The second kappa shape index (κ2) is 6.72. The minimum atomic E-state index is 0.700. The lowest BCUT2D eigenvalue weighted by atomic mass is 10.1. The number of benzene rings is 1. The second-order valence-electron chi connectivity index (χ2n) is 4.02. The number of rotatable bonds is 6. The van der Waals surface area contributed by atoms with Crippen LogP contribution in [-0.2, 0) is 0 Å². The standard InChI is InChI=1S/C14H19N3/c1-4-16-10-12(2)11-17(3)14-8-6-5-7-13(14)9-15/h5-8,16H,2,4,10-11H2,1,3H3. The Hall–Kier alpha value is -1.79. The van der Waals surface area contributed by atoms with E-state index in [9.17, 15) is 0 Å². The first-order valence-electron chi connectivity index (χ1n) is 5.76. The third-order valence-electron chi connectivity index (χ3n) is 2.52. The molecule has 0 atom stereocenters. The smallest absolute Gasteiger partial charge is 0.101 e. The van der Waals surface area contributed by atoms with Gasteiger partial charge in [-0.3, -0.25) is 0 Å². The first-order chi connectivity index (χ1) is 8.19. The number of nitrogens with zero attached hydrogens (tertiary/aromatic N) is 2. The van der Waals surface area contributed by atoms with Gasteiger partial charge >= 0.3 is 0 Å². The molecule has 0 aliphatic carbocycles. The third kappa shape index (κ3) is 3.93. The van der Waals surface area contributed by atoms with Crippen molar-refractivity contribution in [1.82, 2.24) is 5.32 Å². The summed E-state index contributed by atoms with van der Waals surface area (Å²) in [6.07, 6.45) is 0. The summed E-state index contributed by atoms with van der Waals surface area (Å²) in [4.78, 5) is 2.05. The molecule has 0 saturated carbocycles. The molecule has 17 heavy (non-hydrogen) atoms. The van der Waals surface area contributed by atoms with Gasteiger partial charge in [0.2, 0.25) is 0 Å². The van der Waals surface area contributed by atoms with E-state index in [1.54, 1.807) is 0 Å². The van der Waals surface area contributed by atoms with Crippen LogP contribution < -0.4 is 10.2 Å². The normalized spacial score (nSPS) is 9.71. The molecule has 1 aromatic rings. The van der Waals surface area contributed by atoms with Crippen LogP contribution in [0.5, 0.6) is 0 Å². The van der Waals surface area contributed by atoms with Crippen molar-refractivity contribution in [3.63, 3.8) is 0 Å². The quantitative estimate of drug-likeness (QED) is 0.760. The molecule has 1 rings (SSSR count). The number of para-hydroxylation sites is 1. The summed E-state index contributed by atoms with van der Waals surface area (Å²) in [7, 11) is 1.98. The molecular weight excluding hydrogens is 210 g/mol. The van der Waals surface area contributed by atoms with E-state index >= 15 is 0 Å². The van der Waals surface area contributed by atoms with Crippen LogP contribution in [0.25, 0.3) is 0 Å². The number of nitrogens with one attached hydrogen (secondary N) is 1. The number of anilines is 1. The zero-order valence-corrected chi connectivity index (χ0v) is 10.5. The Labute approximate surface area is 103 Å². The molecule has 1 N–H and O–H groups in total. The topological polar surface area (TPSA) is 39.1 Å². The molecule has 3 heteroatoms. The van der Waals surface area contributed by atoms with Gasteiger partial charge in [0.25, 0.3) is 0 Å². The van der Waals surface area contributed by atoms with E-state index in [4.69, 9.17) is 5.26 Å². The highest BCUT2D eigenvalue weighted by Crippen LogP contribution is 2.18. The van der Waals surface area contributed by atoms with Crippen molar-refractivity contribution >= 4 is 5.69 Å². The SMILES string of the molecule is C=C(CNCC)CN(C)c1ccccc1C#N. The van der Waals surface area contributed by atoms with Crippen LogP contribution in [-0.4, -0.2) is 26.7 Å². The summed E-state index contributed by atoms with van der Waals surface area (Å²) >= 11 is 0. The molecule has 0 aromatic heterocycles. The Morgan fingerprint density at radius 3 is 2.82 bits per heavy atom. The van der Waals surface area contributed by atoms with Gasteiger partial charge in [-0.2, -0.15) is 5.26 Å². The summed E-state index contributed by atoms with van der Waals surface area (Å²) < 4.78 is 0. The Bertz CT molecular complexity index is 418. The average Bonchev–Trinajstić information content (AvgIpc) is 2.36. The molecule has 0 fully saturated rings. The maximum atomic E-state index is 9.03. The fourth-order valence-electron chi connectivity index (χ4n) is 1.68. The Morgan fingerprint density at radius 2 is 2.18 bits per heavy atom. The van der Waals surface area contributed by atoms with Crippen LogP contribution in [0.2, 0.25) is 0 Å². The summed E-state index contributed by atoms with van der Waals surface area (Å²) in [6, 6.07) is 9.82. The molecule has 0 unspecified atom stereocenters. The zero-order chi connectivity index (χ0) is 12.7. The molecule has 90 valence electrons. The summed E-state index contributed by atoms with van der Waals surface area (Å²) in [5.74, 6) is 0. The van der Waals surface area contributed by atoms with E-state index < -0.39 is 0 Å². The van der Waals surface area contributed by atoms with Crippen molar-refractivity contribution in [1.29, 1.82) is 5.26 Å². The third-order valence-corrected chi connectivity index (χ3v) is 2.52. The van der Waals surface area contributed by atoms with Gasteiger partial charge in [-0.1, -0.05) is 25.6 Å². The van der Waals surface area contributed by atoms with Crippen molar-refractivity contribution < 1.29 is 0 Å². The Morgan fingerprint density at radius 1 is 1.47 bits per heavy atom. The molecule has 1 aromatic carbocycles. The van der Waals surface area contributed by atoms with Crippen LogP contribution in [0.1, 0.15) is 12.5 Å². The largest absolute Gasteiger partial charge is 0.369 e. The number of likely N-dealkylation sites (N-methyl/N-ethyl adjacent to an activating group) is 2. The summed E-state index contributed by atoms with van der Waals surface area (Å²) in [5.41, 5.74) is 2.76. The van der Waals surface area contributed by atoms with Gasteiger partial charge in [0.15, 0.2) is 0 Å². The second-order valence-corrected chi connectivity index (χ2v) is 4.02. The highest BCUT2D eigenvalue weighted by atomic mass is 15.1. The average molecular weight is 229 g/mol. The predicted molar refractivity (Wildman–Crippen MR) is 72.1 cm³/mol. The van der Waals surface area contributed by atoms with Gasteiger partial charge in [0, 0.05) is 20.1 Å². The van der Waals surface area contributed by atoms with Crippen LogP contribution in [0.4, 0.5) is 5.69 Å². The monoisotopic (exact) mass is 229 g/mol. The van der Waals surface area contributed by atoms with Gasteiger partial charge in [-0.15, -0.1) is 0 Å². The van der Waals surface area contributed by atoms with Gasteiger partial charge < -0.3 is 10.2 Å². The van der Waals surface area contributed by atoms with Crippen LogP contribution in [0.15, 0.2) is 36.4 Å². The van der Waals surface area contributed by atoms with Gasteiger partial charge in [-0.05, 0) is 24.3 Å². The first kappa shape index (κ1) is 13.3. The van der Waals surface area contributed by atoms with Crippen molar-refractivity contribution in [2.45, 2.75) is 6.92 Å². The van der Waals surface area contributed by atoms with E-state index in [2.05, 4.69) is 29.8 Å². The number of hydrogen-bond donors (Lipinski definition) is 1.